The molecule has 5 heteroatoms. The summed E-state index contributed by atoms with van der Waals surface area (Å²) in [6.07, 6.45) is 6.13. The maximum atomic E-state index is 5.24. The quantitative estimate of drug-likeness (QED) is 0.573. The Kier molecular flexibility index (Phi) is 6.51. The SMILES string of the molecule is CN=C(NCCc1ccsc1)NCC1(CCOC)CCC1. The maximum absolute atomic E-state index is 5.24. The highest BCUT2D eigenvalue weighted by atomic mass is 32.1. The van der Waals surface area contributed by atoms with E-state index in [4.69, 9.17) is 4.74 Å². The average molecular weight is 309 g/mol. The van der Waals surface area contributed by atoms with Crippen molar-refractivity contribution in [3.05, 3.63) is 22.4 Å². The zero-order valence-electron chi connectivity index (χ0n) is 13.2. The van der Waals surface area contributed by atoms with Crippen molar-refractivity contribution in [1.29, 1.82) is 0 Å². The molecule has 2 N–H and O–H groups in total. The molecule has 0 bridgehead atoms. The Hall–Kier alpha value is -1.07. The highest BCUT2D eigenvalue weighted by Crippen LogP contribution is 2.43. The minimum absolute atomic E-state index is 0.418. The van der Waals surface area contributed by atoms with Gasteiger partial charge in [0.05, 0.1) is 0 Å². The second-order valence-corrected chi connectivity index (χ2v) is 6.61. The summed E-state index contributed by atoms with van der Waals surface area (Å²) in [6.45, 7) is 2.77. The van der Waals surface area contributed by atoms with Gasteiger partial charge in [0.15, 0.2) is 5.96 Å². The third-order valence-electron chi connectivity index (χ3n) is 4.39. The molecule has 4 nitrogen and oxygen atoms in total. The van der Waals surface area contributed by atoms with E-state index in [1.807, 2.05) is 7.05 Å². The van der Waals surface area contributed by atoms with Gasteiger partial charge < -0.3 is 15.4 Å². The number of methoxy groups -OCH3 is 1. The van der Waals surface area contributed by atoms with Gasteiger partial charge in [-0.05, 0) is 53.5 Å². The molecule has 1 aliphatic carbocycles. The van der Waals surface area contributed by atoms with E-state index in [1.54, 1.807) is 18.4 Å². The average Bonchev–Trinajstić information content (AvgIpc) is 2.97. The highest BCUT2D eigenvalue weighted by molar-refractivity contribution is 7.07. The second kappa shape index (κ2) is 8.39. The first-order chi connectivity index (χ1) is 10.3. The van der Waals surface area contributed by atoms with E-state index in [2.05, 4.69) is 32.5 Å². The third kappa shape index (κ3) is 5.00. The number of guanidine groups is 1. The fourth-order valence-corrected chi connectivity index (χ4v) is 3.47. The molecule has 0 radical (unpaired) electrons. The first-order valence-electron chi connectivity index (χ1n) is 7.72. The minimum atomic E-state index is 0.418. The Balaban J connectivity index is 1.69. The number of hydrogen-bond donors (Lipinski definition) is 2. The number of nitrogens with zero attached hydrogens (tertiary/aromatic N) is 1. The molecule has 1 aliphatic rings. The molecule has 0 aromatic carbocycles. The van der Waals surface area contributed by atoms with Crippen LogP contribution in [0.4, 0.5) is 0 Å². The predicted octanol–water partition coefficient (Wildman–Crippen LogP) is 2.66. The van der Waals surface area contributed by atoms with Crippen molar-refractivity contribution in [2.45, 2.75) is 32.1 Å². The van der Waals surface area contributed by atoms with Crippen LogP contribution in [0, 0.1) is 5.41 Å². The zero-order chi connectivity index (χ0) is 15.0. The fourth-order valence-electron chi connectivity index (χ4n) is 2.76. The molecule has 118 valence electrons. The standard InChI is InChI=1S/C16H27N3OS/c1-17-15(18-9-4-14-5-11-21-12-14)19-13-16(6-3-7-16)8-10-20-2/h5,11-12H,3-4,6-10,13H2,1-2H3,(H2,17,18,19). The summed E-state index contributed by atoms with van der Waals surface area (Å²) in [5.74, 6) is 0.911. The Morgan fingerprint density at radius 1 is 1.43 bits per heavy atom. The molecule has 1 heterocycles. The molecule has 1 aromatic rings. The maximum Gasteiger partial charge on any atom is 0.191 e. The van der Waals surface area contributed by atoms with Gasteiger partial charge in [0.25, 0.3) is 0 Å². The highest BCUT2D eigenvalue weighted by Gasteiger charge is 2.36. The lowest BCUT2D eigenvalue weighted by Gasteiger charge is -2.42. The van der Waals surface area contributed by atoms with E-state index in [9.17, 15) is 0 Å². The molecule has 2 rings (SSSR count). The van der Waals surface area contributed by atoms with E-state index < -0.39 is 0 Å². The van der Waals surface area contributed by atoms with E-state index in [-0.39, 0.29) is 0 Å². The van der Waals surface area contributed by atoms with Crippen molar-refractivity contribution < 1.29 is 4.74 Å². The van der Waals surface area contributed by atoms with Crippen molar-refractivity contribution in [3.63, 3.8) is 0 Å². The van der Waals surface area contributed by atoms with Crippen molar-refractivity contribution in [1.82, 2.24) is 10.6 Å². The Labute approximate surface area is 132 Å². The predicted molar refractivity (Wildman–Crippen MR) is 90.2 cm³/mol. The van der Waals surface area contributed by atoms with Gasteiger partial charge in [-0.25, -0.2) is 0 Å². The van der Waals surface area contributed by atoms with Crippen molar-refractivity contribution in [2.24, 2.45) is 10.4 Å². The summed E-state index contributed by atoms with van der Waals surface area (Å²) in [5, 5.41) is 11.2. The molecule has 0 unspecified atom stereocenters. The van der Waals surface area contributed by atoms with Gasteiger partial charge in [-0.15, -0.1) is 0 Å². The van der Waals surface area contributed by atoms with Crippen LogP contribution in [-0.4, -0.2) is 39.8 Å². The van der Waals surface area contributed by atoms with Crippen molar-refractivity contribution in [3.8, 4) is 0 Å². The van der Waals surface area contributed by atoms with Crippen LogP contribution in [-0.2, 0) is 11.2 Å². The summed E-state index contributed by atoms with van der Waals surface area (Å²) in [6, 6.07) is 2.18. The summed E-state index contributed by atoms with van der Waals surface area (Å²) >= 11 is 1.75. The van der Waals surface area contributed by atoms with Gasteiger partial charge in [-0.2, -0.15) is 11.3 Å². The smallest absolute Gasteiger partial charge is 0.191 e. The van der Waals surface area contributed by atoms with Crippen molar-refractivity contribution >= 4 is 17.3 Å². The van der Waals surface area contributed by atoms with Gasteiger partial charge >= 0.3 is 0 Å². The number of rotatable bonds is 8. The van der Waals surface area contributed by atoms with Crippen LogP contribution in [0.15, 0.2) is 21.8 Å². The number of nitrogens with one attached hydrogen (secondary N) is 2. The number of hydrogen-bond acceptors (Lipinski definition) is 3. The van der Waals surface area contributed by atoms with E-state index in [0.717, 1.165) is 38.5 Å². The lowest BCUT2D eigenvalue weighted by molar-refractivity contribution is 0.0732. The van der Waals surface area contributed by atoms with Crippen LogP contribution in [0.5, 0.6) is 0 Å². The van der Waals surface area contributed by atoms with E-state index >= 15 is 0 Å². The molecule has 0 saturated heterocycles. The summed E-state index contributed by atoms with van der Waals surface area (Å²) < 4.78 is 5.24. The van der Waals surface area contributed by atoms with Crippen molar-refractivity contribution in [2.75, 3.05) is 33.9 Å². The Morgan fingerprint density at radius 3 is 2.86 bits per heavy atom. The lowest BCUT2D eigenvalue weighted by Crippen LogP contribution is -2.47. The molecule has 1 aromatic heterocycles. The molecule has 0 atom stereocenters. The fraction of sp³-hybridized carbons (Fsp3) is 0.688. The van der Waals surface area contributed by atoms with Gasteiger partial charge in [0.2, 0.25) is 0 Å². The van der Waals surface area contributed by atoms with Crippen LogP contribution in [0.2, 0.25) is 0 Å². The first kappa shape index (κ1) is 16.3. The number of ether oxygens (including phenoxy) is 1. The normalized spacial score (nSPS) is 17.3. The molecule has 21 heavy (non-hydrogen) atoms. The summed E-state index contributed by atoms with van der Waals surface area (Å²) in [7, 11) is 3.62. The first-order valence-corrected chi connectivity index (χ1v) is 8.67. The van der Waals surface area contributed by atoms with Crippen LogP contribution >= 0.6 is 11.3 Å². The van der Waals surface area contributed by atoms with Gasteiger partial charge in [0.1, 0.15) is 0 Å². The van der Waals surface area contributed by atoms with E-state index in [1.165, 1.54) is 24.8 Å². The van der Waals surface area contributed by atoms with E-state index in [0.29, 0.717) is 5.41 Å². The minimum Gasteiger partial charge on any atom is -0.385 e. The molecule has 0 amide bonds. The molecule has 1 fully saturated rings. The molecular weight excluding hydrogens is 282 g/mol. The van der Waals surface area contributed by atoms with Crippen LogP contribution < -0.4 is 10.6 Å². The van der Waals surface area contributed by atoms with Gasteiger partial charge in [0, 0.05) is 33.9 Å². The third-order valence-corrected chi connectivity index (χ3v) is 5.12. The number of aliphatic imine (C=N–C) groups is 1. The van der Waals surface area contributed by atoms with Gasteiger partial charge in [-0.3, -0.25) is 4.99 Å². The van der Waals surface area contributed by atoms with Crippen LogP contribution in [0.3, 0.4) is 0 Å². The topological polar surface area (TPSA) is 45.7 Å². The van der Waals surface area contributed by atoms with Crippen LogP contribution in [0.1, 0.15) is 31.2 Å². The number of thiophene rings is 1. The summed E-state index contributed by atoms with van der Waals surface area (Å²) in [4.78, 5) is 4.31. The zero-order valence-corrected chi connectivity index (χ0v) is 14.0. The molecule has 1 saturated carbocycles. The van der Waals surface area contributed by atoms with Crippen LogP contribution in [0.25, 0.3) is 0 Å². The molecule has 0 aliphatic heterocycles. The second-order valence-electron chi connectivity index (χ2n) is 5.83. The molecule has 0 spiro atoms. The largest absolute Gasteiger partial charge is 0.385 e. The molecular formula is C16H27N3OS. The Bertz CT molecular complexity index is 427. The monoisotopic (exact) mass is 309 g/mol. The lowest BCUT2D eigenvalue weighted by atomic mass is 9.67. The Morgan fingerprint density at radius 2 is 2.29 bits per heavy atom. The van der Waals surface area contributed by atoms with Gasteiger partial charge in [-0.1, -0.05) is 6.42 Å². The summed E-state index contributed by atoms with van der Waals surface area (Å²) in [5.41, 5.74) is 1.81.